The third kappa shape index (κ3) is 10.1. The van der Waals surface area contributed by atoms with E-state index in [1.54, 1.807) is 0 Å². The first kappa shape index (κ1) is 16.2. The minimum Gasteiger partial charge on any atom is -0.392 e. The zero-order valence-corrected chi connectivity index (χ0v) is 11.9. The summed E-state index contributed by atoms with van der Waals surface area (Å²) >= 11 is 0. The van der Waals surface area contributed by atoms with Crippen molar-refractivity contribution in [3.63, 3.8) is 0 Å². The van der Waals surface area contributed by atoms with E-state index in [0.717, 1.165) is 25.7 Å². The van der Waals surface area contributed by atoms with Crippen molar-refractivity contribution >= 4 is 0 Å². The molecular weight excluding hydrogens is 208 g/mol. The summed E-state index contributed by atoms with van der Waals surface area (Å²) in [6.07, 6.45) is 12.2. The van der Waals surface area contributed by atoms with Gasteiger partial charge in [-0.25, -0.2) is 0 Å². The summed E-state index contributed by atoms with van der Waals surface area (Å²) in [5.41, 5.74) is 4.24. The molecule has 0 aliphatic carbocycles. The third-order valence-corrected chi connectivity index (χ3v) is 3.06. The van der Waals surface area contributed by atoms with Gasteiger partial charge in [0.2, 0.25) is 0 Å². The molecular formula is C16H28O. The van der Waals surface area contributed by atoms with Gasteiger partial charge >= 0.3 is 0 Å². The zero-order valence-electron chi connectivity index (χ0n) is 11.9. The highest BCUT2D eigenvalue weighted by molar-refractivity contribution is 5.05. The first-order valence-electron chi connectivity index (χ1n) is 6.67. The SMILES string of the molecule is CC/C(C)=C\CC/C(C)=C/CC/C(C)=C/CO. The summed E-state index contributed by atoms with van der Waals surface area (Å²) in [6.45, 7) is 8.84. The monoisotopic (exact) mass is 236 g/mol. The number of aliphatic hydroxyl groups excluding tert-OH is 1. The lowest BCUT2D eigenvalue weighted by atomic mass is 10.1. The Kier molecular flexibility index (Phi) is 9.84. The Bertz CT molecular complexity index is 282. The van der Waals surface area contributed by atoms with Crippen LogP contribution in [-0.4, -0.2) is 11.7 Å². The highest BCUT2D eigenvalue weighted by atomic mass is 16.2. The standard InChI is InChI=1S/C16H28O/c1-5-14(2)8-6-9-15(3)10-7-11-16(4)12-13-17/h8,10,12,17H,5-7,9,11,13H2,1-4H3/b14-8-,15-10+,16-12+. The molecule has 1 heteroatoms. The number of rotatable bonds is 8. The maximum absolute atomic E-state index is 8.74. The van der Waals surface area contributed by atoms with E-state index in [2.05, 4.69) is 39.8 Å². The summed E-state index contributed by atoms with van der Waals surface area (Å²) in [7, 11) is 0. The van der Waals surface area contributed by atoms with E-state index in [0.29, 0.717) is 0 Å². The topological polar surface area (TPSA) is 20.2 Å². The third-order valence-electron chi connectivity index (χ3n) is 3.06. The van der Waals surface area contributed by atoms with Gasteiger partial charge in [-0.2, -0.15) is 0 Å². The van der Waals surface area contributed by atoms with E-state index in [-0.39, 0.29) is 6.61 Å². The summed E-state index contributed by atoms with van der Waals surface area (Å²) in [4.78, 5) is 0. The van der Waals surface area contributed by atoms with Gasteiger partial charge in [-0.15, -0.1) is 0 Å². The highest BCUT2D eigenvalue weighted by Gasteiger charge is 1.91. The molecule has 0 atom stereocenters. The van der Waals surface area contributed by atoms with Crippen LogP contribution in [0.3, 0.4) is 0 Å². The molecule has 0 unspecified atom stereocenters. The minimum atomic E-state index is 0.162. The normalized spacial score (nSPS) is 14.3. The van der Waals surface area contributed by atoms with Crippen LogP contribution in [0.5, 0.6) is 0 Å². The summed E-state index contributed by atoms with van der Waals surface area (Å²) < 4.78 is 0. The Balaban J connectivity index is 3.83. The van der Waals surface area contributed by atoms with Crippen molar-refractivity contribution in [3.8, 4) is 0 Å². The molecule has 98 valence electrons. The van der Waals surface area contributed by atoms with Crippen molar-refractivity contribution in [1.29, 1.82) is 0 Å². The number of aliphatic hydroxyl groups is 1. The smallest absolute Gasteiger partial charge is 0.0614 e. The lowest BCUT2D eigenvalue weighted by Crippen LogP contribution is -1.82. The van der Waals surface area contributed by atoms with Crippen LogP contribution in [0.15, 0.2) is 34.9 Å². The quantitative estimate of drug-likeness (QED) is 0.601. The van der Waals surface area contributed by atoms with Crippen molar-refractivity contribution in [2.75, 3.05) is 6.61 Å². The molecule has 0 radical (unpaired) electrons. The Morgan fingerprint density at radius 3 is 1.76 bits per heavy atom. The molecule has 1 N–H and O–H groups in total. The average Bonchev–Trinajstić information content (AvgIpc) is 2.29. The second-order valence-corrected chi connectivity index (χ2v) is 4.76. The Morgan fingerprint density at radius 2 is 1.29 bits per heavy atom. The molecule has 0 rings (SSSR count). The molecule has 0 fully saturated rings. The van der Waals surface area contributed by atoms with Gasteiger partial charge in [-0.1, -0.05) is 41.9 Å². The molecule has 0 aromatic rings. The van der Waals surface area contributed by atoms with Crippen LogP contribution in [0.2, 0.25) is 0 Å². The fourth-order valence-corrected chi connectivity index (χ4v) is 1.60. The van der Waals surface area contributed by atoms with Crippen LogP contribution >= 0.6 is 0 Å². The van der Waals surface area contributed by atoms with E-state index in [4.69, 9.17) is 5.11 Å². The Morgan fingerprint density at radius 1 is 0.824 bits per heavy atom. The molecule has 0 bridgehead atoms. The predicted octanol–water partition coefficient (Wildman–Crippen LogP) is 4.79. The predicted molar refractivity (Wildman–Crippen MR) is 77.1 cm³/mol. The molecule has 0 saturated carbocycles. The van der Waals surface area contributed by atoms with E-state index < -0.39 is 0 Å². The van der Waals surface area contributed by atoms with E-state index in [9.17, 15) is 0 Å². The first-order chi connectivity index (χ1) is 8.10. The second-order valence-electron chi connectivity index (χ2n) is 4.76. The zero-order chi connectivity index (χ0) is 13.1. The number of hydrogen-bond donors (Lipinski definition) is 1. The molecule has 1 nitrogen and oxygen atoms in total. The molecule has 0 aromatic carbocycles. The van der Waals surface area contributed by atoms with Crippen LogP contribution in [0.1, 0.15) is 59.8 Å². The van der Waals surface area contributed by atoms with Gasteiger partial charge in [-0.05, 0) is 52.9 Å². The molecule has 17 heavy (non-hydrogen) atoms. The van der Waals surface area contributed by atoms with Gasteiger partial charge in [0.05, 0.1) is 6.61 Å². The fraction of sp³-hybridized carbons (Fsp3) is 0.625. The van der Waals surface area contributed by atoms with Crippen molar-refractivity contribution < 1.29 is 5.11 Å². The maximum atomic E-state index is 8.74. The van der Waals surface area contributed by atoms with Gasteiger partial charge in [0.15, 0.2) is 0 Å². The minimum absolute atomic E-state index is 0.162. The van der Waals surface area contributed by atoms with Crippen LogP contribution in [0.4, 0.5) is 0 Å². The number of hydrogen-bond acceptors (Lipinski definition) is 1. The second kappa shape index (κ2) is 10.3. The molecule has 0 aliphatic heterocycles. The first-order valence-corrected chi connectivity index (χ1v) is 6.67. The Labute approximate surface area is 107 Å². The fourth-order valence-electron chi connectivity index (χ4n) is 1.60. The van der Waals surface area contributed by atoms with Crippen molar-refractivity contribution in [2.45, 2.75) is 59.8 Å². The number of allylic oxidation sites excluding steroid dienone is 5. The lowest BCUT2D eigenvalue weighted by Gasteiger charge is -2.01. The average molecular weight is 236 g/mol. The molecule has 0 amide bonds. The largest absolute Gasteiger partial charge is 0.392 e. The summed E-state index contributed by atoms with van der Waals surface area (Å²) in [6, 6.07) is 0. The van der Waals surface area contributed by atoms with Crippen LogP contribution in [0, 0.1) is 0 Å². The van der Waals surface area contributed by atoms with Gasteiger partial charge in [0, 0.05) is 0 Å². The molecule has 0 aromatic heterocycles. The molecule has 0 saturated heterocycles. The van der Waals surface area contributed by atoms with Crippen molar-refractivity contribution in [1.82, 2.24) is 0 Å². The van der Waals surface area contributed by atoms with Crippen LogP contribution in [0.25, 0.3) is 0 Å². The van der Waals surface area contributed by atoms with E-state index in [1.165, 1.54) is 23.1 Å². The molecule has 0 heterocycles. The van der Waals surface area contributed by atoms with Crippen LogP contribution < -0.4 is 0 Å². The van der Waals surface area contributed by atoms with Gasteiger partial charge < -0.3 is 5.11 Å². The van der Waals surface area contributed by atoms with Crippen molar-refractivity contribution in [3.05, 3.63) is 34.9 Å². The van der Waals surface area contributed by atoms with Crippen LogP contribution in [-0.2, 0) is 0 Å². The Hall–Kier alpha value is -0.820. The van der Waals surface area contributed by atoms with Gasteiger partial charge in [0.25, 0.3) is 0 Å². The van der Waals surface area contributed by atoms with E-state index in [1.807, 2.05) is 6.08 Å². The summed E-state index contributed by atoms with van der Waals surface area (Å²) in [5, 5.41) is 8.74. The maximum Gasteiger partial charge on any atom is 0.0614 e. The molecule has 0 aliphatic rings. The van der Waals surface area contributed by atoms with E-state index >= 15 is 0 Å². The summed E-state index contributed by atoms with van der Waals surface area (Å²) in [5.74, 6) is 0. The van der Waals surface area contributed by atoms with Gasteiger partial charge in [0.1, 0.15) is 0 Å². The molecule has 0 spiro atoms. The van der Waals surface area contributed by atoms with Crippen molar-refractivity contribution in [2.24, 2.45) is 0 Å². The van der Waals surface area contributed by atoms with Gasteiger partial charge in [-0.3, -0.25) is 0 Å². The highest BCUT2D eigenvalue weighted by Crippen LogP contribution is 2.11. The lowest BCUT2D eigenvalue weighted by molar-refractivity contribution is 0.341.